The predicted molar refractivity (Wildman–Crippen MR) is 93.6 cm³/mol. The summed E-state index contributed by atoms with van der Waals surface area (Å²) < 4.78 is 11.1. The van der Waals surface area contributed by atoms with Crippen LogP contribution >= 0.6 is 0 Å². The molecule has 1 aliphatic heterocycles. The number of nitrogens with one attached hydrogen (secondary N) is 1. The molecule has 2 aromatic rings. The van der Waals surface area contributed by atoms with Gasteiger partial charge in [0.25, 0.3) is 0 Å². The lowest BCUT2D eigenvalue weighted by Gasteiger charge is -2.29. The van der Waals surface area contributed by atoms with Gasteiger partial charge in [-0.3, -0.25) is 0 Å². The van der Waals surface area contributed by atoms with E-state index in [1.165, 1.54) is 27.8 Å². The third-order valence-electron chi connectivity index (χ3n) is 4.57. The average Bonchev–Trinajstić information content (AvgIpc) is 2.56. The summed E-state index contributed by atoms with van der Waals surface area (Å²) in [6.45, 7) is 7.97. The zero-order valence-electron chi connectivity index (χ0n) is 14.4. The van der Waals surface area contributed by atoms with Crippen molar-refractivity contribution in [3.05, 3.63) is 58.1 Å². The molecule has 3 nitrogen and oxygen atoms in total. The Labute approximate surface area is 138 Å². The Morgan fingerprint density at radius 1 is 1.09 bits per heavy atom. The molecular weight excluding hydrogens is 286 g/mol. The summed E-state index contributed by atoms with van der Waals surface area (Å²) >= 11 is 0. The number of hydrogen-bond donors (Lipinski definition) is 1. The lowest BCUT2D eigenvalue weighted by atomic mass is 9.87. The largest absolute Gasteiger partial charge is 0.496 e. The summed E-state index contributed by atoms with van der Waals surface area (Å²) in [5, 5.41) is 3.67. The minimum atomic E-state index is 0.235. The molecule has 0 aromatic heterocycles. The molecule has 3 rings (SSSR count). The highest BCUT2D eigenvalue weighted by Gasteiger charge is 2.23. The third-order valence-corrected chi connectivity index (χ3v) is 4.57. The van der Waals surface area contributed by atoms with Crippen LogP contribution in [0.5, 0.6) is 11.5 Å². The topological polar surface area (TPSA) is 30.5 Å². The van der Waals surface area contributed by atoms with E-state index < -0.39 is 0 Å². The molecule has 0 bridgehead atoms. The van der Waals surface area contributed by atoms with E-state index in [0.717, 1.165) is 24.5 Å². The zero-order chi connectivity index (χ0) is 16.4. The van der Waals surface area contributed by atoms with E-state index in [9.17, 15) is 0 Å². The van der Waals surface area contributed by atoms with Crippen molar-refractivity contribution in [1.82, 2.24) is 5.32 Å². The molecule has 1 heterocycles. The summed E-state index contributed by atoms with van der Waals surface area (Å²) in [5.74, 6) is 1.92. The Bertz CT molecular complexity index is 709. The number of ether oxygens (including phenoxy) is 2. The quantitative estimate of drug-likeness (QED) is 0.927. The first-order valence-corrected chi connectivity index (χ1v) is 8.28. The van der Waals surface area contributed by atoms with E-state index >= 15 is 0 Å². The van der Waals surface area contributed by atoms with Crippen molar-refractivity contribution in [2.45, 2.75) is 33.2 Å². The van der Waals surface area contributed by atoms with Gasteiger partial charge in [-0.2, -0.15) is 0 Å². The van der Waals surface area contributed by atoms with Gasteiger partial charge in [0.2, 0.25) is 0 Å². The fourth-order valence-corrected chi connectivity index (χ4v) is 3.42. The Balaban J connectivity index is 2.02. The molecule has 2 aromatic carbocycles. The maximum Gasteiger partial charge on any atom is 0.122 e. The number of rotatable bonds is 4. The Morgan fingerprint density at radius 2 is 1.91 bits per heavy atom. The van der Waals surface area contributed by atoms with Crippen molar-refractivity contribution < 1.29 is 9.47 Å². The number of hydrogen-bond acceptors (Lipinski definition) is 3. The van der Waals surface area contributed by atoms with Gasteiger partial charge >= 0.3 is 0 Å². The second-order valence-corrected chi connectivity index (χ2v) is 6.11. The maximum atomic E-state index is 5.65. The average molecular weight is 311 g/mol. The summed E-state index contributed by atoms with van der Waals surface area (Å²) in [4.78, 5) is 0. The van der Waals surface area contributed by atoms with Gasteiger partial charge in [0.15, 0.2) is 0 Å². The molecule has 0 saturated carbocycles. The maximum absolute atomic E-state index is 5.65. The van der Waals surface area contributed by atoms with Crippen molar-refractivity contribution >= 4 is 0 Å². The Kier molecular flexibility index (Phi) is 4.58. The van der Waals surface area contributed by atoms with Crippen molar-refractivity contribution in [2.24, 2.45) is 0 Å². The molecule has 0 fully saturated rings. The highest BCUT2D eigenvalue weighted by atomic mass is 16.5. The van der Waals surface area contributed by atoms with E-state index in [1.807, 2.05) is 6.92 Å². The van der Waals surface area contributed by atoms with Crippen LogP contribution in [0.4, 0.5) is 0 Å². The van der Waals surface area contributed by atoms with Crippen LogP contribution in [0, 0.1) is 13.8 Å². The molecule has 0 radical (unpaired) electrons. The molecule has 0 saturated heterocycles. The van der Waals surface area contributed by atoms with Gasteiger partial charge in [-0.25, -0.2) is 0 Å². The minimum Gasteiger partial charge on any atom is -0.496 e. The summed E-state index contributed by atoms with van der Waals surface area (Å²) in [7, 11) is 1.73. The molecule has 1 atom stereocenters. The third kappa shape index (κ3) is 3.06. The van der Waals surface area contributed by atoms with E-state index in [-0.39, 0.29) is 6.04 Å². The smallest absolute Gasteiger partial charge is 0.122 e. The lowest BCUT2D eigenvalue weighted by Crippen LogP contribution is -2.31. The Hall–Kier alpha value is -2.00. The predicted octanol–water partition coefficient (Wildman–Crippen LogP) is 3.95. The van der Waals surface area contributed by atoms with Gasteiger partial charge < -0.3 is 14.8 Å². The second kappa shape index (κ2) is 6.63. The van der Waals surface area contributed by atoms with Gasteiger partial charge in [-0.15, -0.1) is 0 Å². The highest BCUT2D eigenvalue weighted by Crippen LogP contribution is 2.35. The van der Waals surface area contributed by atoms with Crippen LogP contribution in [0.3, 0.4) is 0 Å². The molecule has 3 heteroatoms. The highest BCUT2D eigenvalue weighted by molar-refractivity contribution is 5.49. The first-order valence-electron chi connectivity index (χ1n) is 8.28. The van der Waals surface area contributed by atoms with Crippen molar-refractivity contribution in [2.75, 3.05) is 20.3 Å². The monoisotopic (exact) mass is 311 g/mol. The van der Waals surface area contributed by atoms with Crippen LogP contribution in [0.1, 0.15) is 40.8 Å². The van der Waals surface area contributed by atoms with Crippen LogP contribution in [0.15, 0.2) is 30.3 Å². The molecule has 0 amide bonds. The summed E-state index contributed by atoms with van der Waals surface area (Å²) in [6.07, 6.45) is 1.04. The molecule has 23 heavy (non-hydrogen) atoms. The van der Waals surface area contributed by atoms with Crippen molar-refractivity contribution in [3.63, 3.8) is 0 Å². The fraction of sp³-hybridized carbons (Fsp3) is 0.400. The first-order chi connectivity index (χ1) is 11.1. The summed E-state index contributed by atoms with van der Waals surface area (Å²) in [6, 6.07) is 11.1. The van der Waals surface area contributed by atoms with E-state index in [4.69, 9.17) is 9.47 Å². The first kappa shape index (κ1) is 15.9. The van der Waals surface area contributed by atoms with Crippen LogP contribution < -0.4 is 14.8 Å². The van der Waals surface area contributed by atoms with Gasteiger partial charge in [0.1, 0.15) is 11.5 Å². The standard InChI is InChI=1S/C20H25NO2/c1-5-23-16-6-7-17-15(12-16)8-9-21-20(17)18-10-14(3)19(22-4)11-13(18)2/h6-7,10-12,20-21H,5,8-9H2,1-4H3. The van der Waals surface area contributed by atoms with Gasteiger partial charge in [0, 0.05) is 6.54 Å². The lowest BCUT2D eigenvalue weighted by molar-refractivity contribution is 0.339. The molecular formula is C20H25NO2. The molecule has 1 aliphatic rings. The number of fused-ring (bicyclic) bond motifs is 1. The Morgan fingerprint density at radius 3 is 2.65 bits per heavy atom. The molecule has 0 spiro atoms. The summed E-state index contributed by atoms with van der Waals surface area (Å²) in [5.41, 5.74) is 6.49. The fourth-order valence-electron chi connectivity index (χ4n) is 3.42. The van der Waals surface area contributed by atoms with Crippen molar-refractivity contribution in [3.8, 4) is 11.5 Å². The van der Waals surface area contributed by atoms with Gasteiger partial charge in [0.05, 0.1) is 19.8 Å². The molecule has 1 unspecified atom stereocenters. The van der Waals surface area contributed by atoms with Crippen LogP contribution in [0.25, 0.3) is 0 Å². The van der Waals surface area contributed by atoms with E-state index in [1.54, 1.807) is 7.11 Å². The van der Waals surface area contributed by atoms with Crippen molar-refractivity contribution in [1.29, 1.82) is 0 Å². The van der Waals surface area contributed by atoms with Crippen LogP contribution in [0.2, 0.25) is 0 Å². The second-order valence-electron chi connectivity index (χ2n) is 6.11. The minimum absolute atomic E-state index is 0.235. The SMILES string of the molecule is CCOc1ccc2c(c1)CCNC2c1cc(C)c(OC)cc1C. The van der Waals surface area contributed by atoms with Gasteiger partial charge in [-0.05, 0) is 73.2 Å². The normalized spacial score (nSPS) is 16.8. The molecule has 1 N–H and O–H groups in total. The van der Waals surface area contributed by atoms with E-state index in [0.29, 0.717) is 6.61 Å². The molecule has 0 aliphatic carbocycles. The van der Waals surface area contributed by atoms with Gasteiger partial charge in [-0.1, -0.05) is 12.1 Å². The van der Waals surface area contributed by atoms with Crippen LogP contribution in [-0.4, -0.2) is 20.3 Å². The number of methoxy groups -OCH3 is 1. The zero-order valence-corrected chi connectivity index (χ0v) is 14.4. The van der Waals surface area contributed by atoms with Crippen LogP contribution in [-0.2, 0) is 6.42 Å². The number of benzene rings is 2. The number of aryl methyl sites for hydroxylation is 2. The molecule has 122 valence electrons. The van der Waals surface area contributed by atoms with E-state index in [2.05, 4.69) is 49.5 Å².